The highest BCUT2D eigenvalue weighted by molar-refractivity contribution is 5.78. The van der Waals surface area contributed by atoms with Crippen LogP contribution in [0.5, 0.6) is 0 Å². The van der Waals surface area contributed by atoms with Crippen LogP contribution in [-0.2, 0) is 6.54 Å². The molecule has 0 atom stereocenters. The molecule has 5 heteroatoms. The van der Waals surface area contributed by atoms with Crippen molar-refractivity contribution in [3.63, 3.8) is 0 Å². The van der Waals surface area contributed by atoms with E-state index in [1.807, 2.05) is 6.07 Å². The second kappa shape index (κ2) is 5.17. The normalized spacial score (nSPS) is 10.5. The molecule has 0 unspecified atom stereocenters. The van der Waals surface area contributed by atoms with Crippen molar-refractivity contribution >= 4 is 10.9 Å². The number of halogens is 1. The number of nitrogens with zero attached hydrogens (tertiary/aromatic N) is 3. The number of aromatic nitrogens is 2. The largest absolute Gasteiger partial charge is 0.287 e. The summed E-state index contributed by atoms with van der Waals surface area (Å²) in [6.45, 7) is 0.224. The van der Waals surface area contributed by atoms with Gasteiger partial charge in [0.05, 0.1) is 29.9 Å². The molecule has 0 saturated heterocycles. The van der Waals surface area contributed by atoms with Crippen LogP contribution >= 0.6 is 0 Å². The highest BCUT2D eigenvalue weighted by atomic mass is 19.1. The molecule has 102 valence electrons. The van der Waals surface area contributed by atoms with Gasteiger partial charge < -0.3 is 0 Å². The van der Waals surface area contributed by atoms with Crippen LogP contribution in [0.25, 0.3) is 10.9 Å². The van der Waals surface area contributed by atoms with Gasteiger partial charge in [-0.3, -0.25) is 9.48 Å². The SMILES string of the molecule is N#Cc1ccc(F)cc1Cn1ncc(=O)c2ccccc21. The number of rotatable bonds is 2. The molecule has 0 aliphatic carbocycles. The van der Waals surface area contributed by atoms with Crippen molar-refractivity contribution in [3.05, 3.63) is 75.8 Å². The number of hydrogen-bond acceptors (Lipinski definition) is 3. The van der Waals surface area contributed by atoms with Gasteiger partial charge in [0.2, 0.25) is 5.43 Å². The van der Waals surface area contributed by atoms with Crippen LogP contribution in [0, 0.1) is 17.1 Å². The highest BCUT2D eigenvalue weighted by Gasteiger charge is 2.08. The van der Waals surface area contributed by atoms with Crippen LogP contribution in [0.3, 0.4) is 0 Å². The Labute approximate surface area is 119 Å². The van der Waals surface area contributed by atoms with E-state index in [4.69, 9.17) is 5.26 Å². The summed E-state index contributed by atoms with van der Waals surface area (Å²) in [6.07, 6.45) is 1.23. The van der Waals surface area contributed by atoms with Crippen LogP contribution in [0.4, 0.5) is 4.39 Å². The molecule has 0 bridgehead atoms. The third-order valence-electron chi connectivity index (χ3n) is 3.27. The third kappa shape index (κ3) is 2.39. The first-order chi connectivity index (χ1) is 10.2. The fourth-order valence-corrected chi connectivity index (χ4v) is 2.25. The molecular weight excluding hydrogens is 269 g/mol. The Bertz CT molecular complexity index is 925. The number of para-hydroxylation sites is 1. The minimum atomic E-state index is -0.408. The molecule has 3 aromatic rings. The molecule has 3 rings (SSSR count). The molecule has 0 aliphatic heterocycles. The summed E-state index contributed by atoms with van der Waals surface area (Å²) < 4.78 is 15.0. The number of fused-ring (bicyclic) bond motifs is 1. The second-order valence-electron chi connectivity index (χ2n) is 4.60. The monoisotopic (exact) mass is 279 g/mol. The van der Waals surface area contributed by atoms with Gasteiger partial charge in [0.25, 0.3) is 0 Å². The van der Waals surface area contributed by atoms with Crippen molar-refractivity contribution in [2.24, 2.45) is 0 Å². The van der Waals surface area contributed by atoms with Crippen LogP contribution in [-0.4, -0.2) is 9.78 Å². The number of nitriles is 1. The molecule has 0 N–H and O–H groups in total. The van der Waals surface area contributed by atoms with Gasteiger partial charge in [0, 0.05) is 5.39 Å². The molecule has 21 heavy (non-hydrogen) atoms. The predicted octanol–water partition coefficient (Wildman–Crippen LogP) is 2.46. The Hall–Kier alpha value is -3.00. The third-order valence-corrected chi connectivity index (χ3v) is 3.27. The smallest absolute Gasteiger partial charge is 0.207 e. The zero-order valence-corrected chi connectivity index (χ0v) is 11.0. The average Bonchev–Trinajstić information content (AvgIpc) is 2.51. The molecule has 1 aromatic heterocycles. The Balaban J connectivity index is 2.16. The van der Waals surface area contributed by atoms with E-state index in [1.165, 1.54) is 24.4 Å². The Morgan fingerprint density at radius 2 is 2.05 bits per heavy atom. The second-order valence-corrected chi connectivity index (χ2v) is 4.60. The van der Waals surface area contributed by atoms with E-state index in [2.05, 4.69) is 5.10 Å². The zero-order chi connectivity index (χ0) is 14.8. The predicted molar refractivity (Wildman–Crippen MR) is 76.2 cm³/mol. The Morgan fingerprint density at radius 1 is 1.24 bits per heavy atom. The summed E-state index contributed by atoms with van der Waals surface area (Å²) in [4.78, 5) is 11.8. The van der Waals surface area contributed by atoms with E-state index in [9.17, 15) is 9.18 Å². The number of hydrogen-bond donors (Lipinski definition) is 0. The van der Waals surface area contributed by atoms with Crippen LogP contribution in [0.15, 0.2) is 53.5 Å². The number of benzene rings is 2. The minimum absolute atomic E-state index is 0.165. The summed E-state index contributed by atoms with van der Waals surface area (Å²) in [5.74, 6) is -0.408. The van der Waals surface area contributed by atoms with E-state index in [1.54, 1.807) is 28.9 Å². The van der Waals surface area contributed by atoms with Crippen molar-refractivity contribution < 1.29 is 4.39 Å². The standard InChI is InChI=1S/C16H10FN3O/c17-13-6-5-11(8-18)12(7-13)10-20-15-4-2-1-3-14(15)16(21)9-19-20/h1-7,9H,10H2. The van der Waals surface area contributed by atoms with E-state index in [-0.39, 0.29) is 12.0 Å². The fraction of sp³-hybridized carbons (Fsp3) is 0.0625. The van der Waals surface area contributed by atoms with E-state index in [0.717, 1.165) is 0 Å². The zero-order valence-electron chi connectivity index (χ0n) is 11.0. The van der Waals surface area contributed by atoms with E-state index in [0.29, 0.717) is 22.0 Å². The van der Waals surface area contributed by atoms with E-state index < -0.39 is 5.82 Å². The summed E-state index contributed by atoms with van der Waals surface area (Å²) in [6, 6.07) is 13.1. The topological polar surface area (TPSA) is 58.7 Å². The van der Waals surface area contributed by atoms with Crippen molar-refractivity contribution in [3.8, 4) is 6.07 Å². The lowest BCUT2D eigenvalue weighted by Gasteiger charge is -2.10. The maximum atomic E-state index is 13.4. The van der Waals surface area contributed by atoms with Crippen molar-refractivity contribution in [2.45, 2.75) is 6.54 Å². The lowest BCUT2D eigenvalue weighted by atomic mass is 10.1. The maximum Gasteiger partial charge on any atom is 0.207 e. The molecule has 0 radical (unpaired) electrons. The molecule has 4 nitrogen and oxygen atoms in total. The molecule has 0 amide bonds. The summed E-state index contributed by atoms with van der Waals surface area (Å²) in [5, 5.41) is 13.7. The maximum absolute atomic E-state index is 13.4. The summed E-state index contributed by atoms with van der Waals surface area (Å²) >= 11 is 0. The molecular formula is C16H10FN3O. The van der Waals surface area contributed by atoms with Gasteiger partial charge in [-0.2, -0.15) is 10.4 Å². The minimum Gasteiger partial charge on any atom is -0.287 e. The highest BCUT2D eigenvalue weighted by Crippen LogP contribution is 2.15. The van der Waals surface area contributed by atoms with Crippen LogP contribution in [0.2, 0.25) is 0 Å². The van der Waals surface area contributed by atoms with Crippen molar-refractivity contribution in [1.29, 1.82) is 5.26 Å². The van der Waals surface area contributed by atoms with Crippen LogP contribution < -0.4 is 5.43 Å². The quantitative estimate of drug-likeness (QED) is 0.724. The molecule has 0 fully saturated rings. The van der Waals surface area contributed by atoms with Gasteiger partial charge in [-0.15, -0.1) is 0 Å². The van der Waals surface area contributed by atoms with Crippen molar-refractivity contribution in [1.82, 2.24) is 9.78 Å². The van der Waals surface area contributed by atoms with Gasteiger partial charge >= 0.3 is 0 Å². The lowest BCUT2D eigenvalue weighted by molar-refractivity contribution is 0.619. The van der Waals surface area contributed by atoms with Gasteiger partial charge in [0.15, 0.2) is 0 Å². The summed E-state index contributed by atoms with van der Waals surface area (Å²) in [7, 11) is 0. The molecule has 1 heterocycles. The Kier molecular flexibility index (Phi) is 3.20. The van der Waals surface area contributed by atoms with Crippen molar-refractivity contribution in [2.75, 3.05) is 0 Å². The fourth-order valence-electron chi connectivity index (χ4n) is 2.25. The van der Waals surface area contributed by atoms with E-state index >= 15 is 0 Å². The van der Waals surface area contributed by atoms with Gasteiger partial charge in [-0.05, 0) is 35.9 Å². The lowest BCUT2D eigenvalue weighted by Crippen LogP contribution is -2.13. The average molecular weight is 279 g/mol. The molecule has 0 aliphatic rings. The molecule has 0 saturated carbocycles. The first-order valence-corrected chi connectivity index (χ1v) is 6.32. The first kappa shape index (κ1) is 13.0. The summed E-state index contributed by atoms with van der Waals surface area (Å²) in [5.41, 5.74) is 1.40. The Morgan fingerprint density at radius 3 is 2.86 bits per heavy atom. The molecule has 0 spiro atoms. The van der Waals surface area contributed by atoms with Gasteiger partial charge in [-0.25, -0.2) is 4.39 Å². The van der Waals surface area contributed by atoms with Gasteiger partial charge in [0.1, 0.15) is 5.82 Å². The van der Waals surface area contributed by atoms with Gasteiger partial charge in [-0.1, -0.05) is 12.1 Å². The molecule has 2 aromatic carbocycles. The van der Waals surface area contributed by atoms with Crippen LogP contribution in [0.1, 0.15) is 11.1 Å². The first-order valence-electron chi connectivity index (χ1n) is 6.32.